The molecule has 0 aliphatic heterocycles. The van der Waals surface area contributed by atoms with Gasteiger partial charge in [0.15, 0.2) is 5.89 Å². The molecule has 0 saturated heterocycles. The number of carbonyl (C=O) groups is 1. The highest BCUT2D eigenvalue weighted by atomic mass is 16.4. The molecule has 1 heterocycles. The lowest BCUT2D eigenvalue weighted by molar-refractivity contribution is 0.0971. The Bertz CT molecular complexity index is 331. The molecule has 2 N–H and O–H groups in total. The second-order valence-electron chi connectivity index (χ2n) is 3.68. The number of primary amides is 1. The van der Waals surface area contributed by atoms with Gasteiger partial charge in [0.2, 0.25) is 5.76 Å². The van der Waals surface area contributed by atoms with Crippen LogP contribution < -0.4 is 5.73 Å². The summed E-state index contributed by atoms with van der Waals surface area (Å²) in [7, 11) is 0. The number of aromatic nitrogens is 1. The van der Waals surface area contributed by atoms with Gasteiger partial charge in [-0.1, -0.05) is 26.2 Å². The molecule has 0 aliphatic carbocycles. The van der Waals surface area contributed by atoms with E-state index >= 15 is 0 Å². The molecule has 1 rings (SSSR count). The molecule has 0 bridgehead atoms. The van der Waals surface area contributed by atoms with E-state index in [0.717, 1.165) is 19.3 Å². The Kier molecular flexibility index (Phi) is 4.34. The van der Waals surface area contributed by atoms with Crippen LogP contribution in [0.15, 0.2) is 4.42 Å². The van der Waals surface area contributed by atoms with Crippen molar-refractivity contribution in [1.29, 1.82) is 0 Å². The number of carbonyl (C=O) groups excluding carboxylic acids is 1. The first-order chi connectivity index (χ1) is 7.15. The molecule has 1 aromatic heterocycles. The zero-order valence-corrected chi connectivity index (χ0v) is 9.38. The topological polar surface area (TPSA) is 69.1 Å². The molecule has 0 spiro atoms. The summed E-state index contributed by atoms with van der Waals surface area (Å²) >= 11 is 0. The van der Waals surface area contributed by atoms with E-state index in [2.05, 4.69) is 11.9 Å². The molecule has 4 heteroatoms. The number of rotatable bonds is 6. The molecule has 0 saturated carbocycles. The van der Waals surface area contributed by atoms with Gasteiger partial charge in [0.1, 0.15) is 0 Å². The monoisotopic (exact) mass is 210 g/mol. The fraction of sp³-hybridized carbons (Fsp3) is 0.636. The molecule has 0 aliphatic rings. The van der Waals surface area contributed by atoms with E-state index in [1.807, 2.05) is 0 Å². The van der Waals surface area contributed by atoms with Gasteiger partial charge >= 0.3 is 0 Å². The zero-order valence-electron chi connectivity index (χ0n) is 9.38. The number of oxazole rings is 1. The molecule has 15 heavy (non-hydrogen) atoms. The minimum absolute atomic E-state index is 0.226. The number of aryl methyl sites for hydroxylation is 2. The quantitative estimate of drug-likeness (QED) is 0.732. The molecule has 0 fully saturated rings. The molecule has 0 atom stereocenters. The van der Waals surface area contributed by atoms with Gasteiger partial charge in [-0.05, 0) is 12.8 Å². The van der Waals surface area contributed by atoms with Crippen molar-refractivity contribution in [3.8, 4) is 0 Å². The van der Waals surface area contributed by atoms with Gasteiger partial charge in [0.25, 0.3) is 5.91 Å². The summed E-state index contributed by atoms with van der Waals surface area (Å²) in [6.45, 7) is 3.89. The smallest absolute Gasteiger partial charge is 0.286 e. The molecule has 0 radical (unpaired) electrons. The van der Waals surface area contributed by atoms with Gasteiger partial charge in [-0.15, -0.1) is 0 Å². The Morgan fingerprint density at radius 1 is 1.40 bits per heavy atom. The van der Waals surface area contributed by atoms with Crippen LogP contribution in [-0.4, -0.2) is 10.9 Å². The van der Waals surface area contributed by atoms with Crippen molar-refractivity contribution >= 4 is 5.91 Å². The van der Waals surface area contributed by atoms with E-state index in [1.54, 1.807) is 6.92 Å². The minimum Gasteiger partial charge on any atom is -0.436 e. The Balaban J connectivity index is 2.55. The van der Waals surface area contributed by atoms with Crippen molar-refractivity contribution in [2.24, 2.45) is 5.73 Å². The van der Waals surface area contributed by atoms with Crippen molar-refractivity contribution in [3.05, 3.63) is 17.3 Å². The number of unbranched alkanes of at least 4 members (excludes halogenated alkanes) is 3. The second kappa shape index (κ2) is 5.53. The van der Waals surface area contributed by atoms with Gasteiger partial charge < -0.3 is 10.2 Å². The number of hydrogen-bond acceptors (Lipinski definition) is 3. The number of amides is 1. The van der Waals surface area contributed by atoms with E-state index in [1.165, 1.54) is 12.8 Å². The van der Waals surface area contributed by atoms with Crippen LogP contribution >= 0.6 is 0 Å². The van der Waals surface area contributed by atoms with E-state index in [0.29, 0.717) is 11.6 Å². The average Bonchev–Trinajstić information content (AvgIpc) is 2.55. The molecule has 4 nitrogen and oxygen atoms in total. The molecule has 0 unspecified atom stereocenters. The summed E-state index contributed by atoms with van der Waals surface area (Å²) in [5, 5.41) is 0. The standard InChI is InChI=1S/C11H18N2O2/c1-3-4-5-6-7-9-10(11(12)14)15-8(2)13-9/h3-7H2,1-2H3,(H2,12,14). The number of nitrogens with zero attached hydrogens (tertiary/aromatic N) is 1. The molecule has 84 valence electrons. The van der Waals surface area contributed by atoms with E-state index in [4.69, 9.17) is 10.2 Å². The zero-order chi connectivity index (χ0) is 11.3. The highest BCUT2D eigenvalue weighted by molar-refractivity contribution is 5.90. The maximum absolute atomic E-state index is 11.0. The van der Waals surface area contributed by atoms with Crippen LogP contribution in [0, 0.1) is 6.92 Å². The maximum atomic E-state index is 11.0. The molecular weight excluding hydrogens is 192 g/mol. The Hall–Kier alpha value is -1.32. The predicted octanol–water partition coefficient (Wildman–Crippen LogP) is 2.20. The highest BCUT2D eigenvalue weighted by Gasteiger charge is 2.15. The summed E-state index contributed by atoms with van der Waals surface area (Å²) in [5.41, 5.74) is 5.89. The van der Waals surface area contributed by atoms with Crippen LogP contribution in [0.5, 0.6) is 0 Å². The summed E-state index contributed by atoms with van der Waals surface area (Å²) in [6.07, 6.45) is 5.36. The predicted molar refractivity (Wildman–Crippen MR) is 57.6 cm³/mol. The average molecular weight is 210 g/mol. The fourth-order valence-electron chi connectivity index (χ4n) is 1.55. The fourth-order valence-corrected chi connectivity index (χ4v) is 1.55. The Morgan fingerprint density at radius 3 is 2.73 bits per heavy atom. The van der Waals surface area contributed by atoms with Gasteiger partial charge in [-0.2, -0.15) is 0 Å². The van der Waals surface area contributed by atoms with Crippen LogP contribution in [0.2, 0.25) is 0 Å². The third-order valence-corrected chi connectivity index (χ3v) is 2.30. The number of hydrogen-bond donors (Lipinski definition) is 1. The first kappa shape index (κ1) is 11.8. The Labute approximate surface area is 89.9 Å². The van der Waals surface area contributed by atoms with Gasteiger partial charge in [-0.25, -0.2) is 4.98 Å². The summed E-state index contributed by atoms with van der Waals surface area (Å²) in [4.78, 5) is 15.2. The molecule has 1 amide bonds. The largest absolute Gasteiger partial charge is 0.436 e. The summed E-state index contributed by atoms with van der Waals surface area (Å²) in [6, 6.07) is 0. The normalized spacial score (nSPS) is 10.5. The van der Waals surface area contributed by atoms with Crippen LogP contribution in [0.3, 0.4) is 0 Å². The van der Waals surface area contributed by atoms with Crippen molar-refractivity contribution < 1.29 is 9.21 Å². The van der Waals surface area contributed by atoms with Crippen molar-refractivity contribution in [2.75, 3.05) is 0 Å². The van der Waals surface area contributed by atoms with E-state index in [9.17, 15) is 4.79 Å². The second-order valence-corrected chi connectivity index (χ2v) is 3.68. The third kappa shape index (κ3) is 3.38. The maximum Gasteiger partial charge on any atom is 0.286 e. The minimum atomic E-state index is -0.527. The summed E-state index contributed by atoms with van der Waals surface area (Å²) in [5.74, 6) is 0.208. The molecule has 0 aromatic carbocycles. The van der Waals surface area contributed by atoms with Crippen LogP contribution in [-0.2, 0) is 6.42 Å². The van der Waals surface area contributed by atoms with E-state index < -0.39 is 5.91 Å². The Morgan fingerprint density at radius 2 is 2.13 bits per heavy atom. The highest BCUT2D eigenvalue weighted by Crippen LogP contribution is 2.13. The van der Waals surface area contributed by atoms with Gasteiger partial charge in [-0.3, -0.25) is 4.79 Å². The van der Waals surface area contributed by atoms with Crippen LogP contribution in [0.1, 0.15) is 54.7 Å². The van der Waals surface area contributed by atoms with Crippen LogP contribution in [0.25, 0.3) is 0 Å². The lowest BCUT2D eigenvalue weighted by atomic mass is 10.1. The van der Waals surface area contributed by atoms with Crippen molar-refractivity contribution in [3.63, 3.8) is 0 Å². The molecular formula is C11H18N2O2. The first-order valence-electron chi connectivity index (χ1n) is 5.41. The van der Waals surface area contributed by atoms with Crippen molar-refractivity contribution in [1.82, 2.24) is 4.98 Å². The first-order valence-corrected chi connectivity index (χ1v) is 5.41. The number of nitrogens with two attached hydrogens (primary N) is 1. The van der Waals surface area contributed by atoms with Crippen LogP contribution in [0.4, 0.5) is 0 Å². The van der Waals surface area contributed by atoms with Gasteiger partial charge in [0, 0.05) is 6.92 Å². The van der Waals surface area contributed by atoms with Crippen molar-refractivity contribution in [2.45, 2.75) is 46.0 Å². The molecule has 1 aromatic rings. The summed E-state index contributed by atoms with van der Waals surface area (Å²) < 4.78 is 5.15. The third-order valence-electron chi connectivity index (χ3n) is 2.30. The van der Waals surface area contributed by atoms with Gasteiger partial charge in [0.05, 0.1) is 5.69 Å². The lowest BCUT2D eigenvalue weighted by Gasteiger charge is -1.97. The SMILES string of the molecule is CCCCCCc1nc(C)oc1C(N)=O. The lowest BCUT2D eigenvalue weighted by Crippen LogP contribution is -2.12. The van der Waals surface area contributed by atoms with E-state index in [-0.39, 0.29) is 5.76 Å².